The zero-order valence-electron chi connectivity index (χ0n) is 10.4. The van der Waals surface area contributed by atoms with Gasteiger partial charge in [-0.15, -0.1) is 0 Å². The number of benzene rings is 1. The zero-order valence-corrected chi connectivity index (χ0v) is 10.4. The summed E-state index contributed by atoms with van der Waals surface area (Å²) in [6.45, 7) is 4.10. The van der Waals surface area contributed by atoms with Crippen molar-refractivity contribution in [2.24, 2.45) is 0 Å². The molecule has 1 saturated heterocycles. The van der Waals surface area contributed by atoms with Gasteiger partial charge in [-0.05, 0) is 19.1 Å². The molecule has 4 nitrogen and oxygen atoms in total. The molecule has 1 aliphatic rings. The first-order chi connectivity index (χ1) is 8.68. The zero-order chi connectivity index (χ0) is 13.0. The lowest BCUT2D eigenvalue weighted by molar-refractivity contribution is -0.136. The molecular weight excluding hydrogens is 235 g/mol. The summed E-state index contributed by atoms with van der Waals surface area (Å²) in [6.07, 6.45) is 0. The minimum absolute atomic E-state index is 0.104. The number of hydrogen-bond donors (Lipinski definition) is 1. The van der Waals surface area contributed by atoms with Crippen LogP contribution in [0.2, 0.25) is 0 Å². The number of carbonyl (C=O) groups is 1. The molecule has 1 fully saturated rings. The topological polar surface area (TPSA) is 41.6 Å². The Morgan fingerprint density at radius 3 is 3.06 bits per heavy atom. The molecule has 0 radical (unpaired) electrons. The SMILES string of the molecule is CC1CNCCN1C(=O)COc1ccccc1F. The van der Waals surface area contributed by atoms with E-state index in [9.17, 15) is 9.18 Å². The van der Waals surface area contributed by atoms with Crippen molar-refractivity contribution >= 4 is 5.91 Å². The van der Waals surface area contributed by atoms with E-state index in [1.807, 2.05) is 6.92 Å². The van der Waals surface area contributed by atoms with E-state index in [0.717, 1.165) is 13.1 Å². The van der Waals surface area contributed by atoms with Crippen LogP contribution in [0.15, 0.2) is 24.3 Å². The minimum Gasteiger partial charge on any atom is -0.481 e. The quantitative estimate of drug-likeness (QED) is 0.873. The van der Waals surface area contributed by atoms with Crippen molar-refractivity contribution in [3.8, 4) is 5.75 Å². The fourth-order valence-electron chi connectivity index (χ4n) is 2.00. The van der Waals surface area contributed by atoms with E-state index >= 15 is 0 Å². The van der Waals surface area contributed by atoms with Gasteiger partial charge in [0.2, 0.25) is 0 Å². The van der Waals surface area contributed by atoms with Crippen molar-refractivity contribution in [2.45, 2.75) is 13.0 Å². The van der Waals surface area contributed by atoms with Gasteiger partial charge in [0.25, 0.3) is 5.91 Å². The van der Waals surface area contributed by atoms with Crippen molar-refractivity contribution in [2.75, 3.05) is 26.2 Å². The number of hydrogen-bond acceptors (Lipinski definition) is 3. The minimum atomic E-state index is -0.446. The van der Waals surface area contributed by atoms with Crippen LogP contribution in [0, 0.1) is 5.82 Å². The molecule has 1 N–H and O–H groups in total. The third-order valence-corrected chi connectivity index (χ3v) is 3.01. The average Bonchev–Trinajstić information content (AvgIpc) is 2.38. The molecule has 1 atom stereocenters. The molecule has 1 aromatic carbocycles. The van der Waals surface area contributed by atoms with Crippen LogP contribution in [0.4, 0.5) is 4.39 Å². The molecular formula is C13H17FN2O2. The summed E-state index contributed by atoms with van der Waals surface area (Å²) >= 11 is 0. The van der Waals surface area contributed by atoms with Crippen LogP contribution in [0.3, 0.4) is 0 Å². The van der Waals surface area contributed by atoms with E-state index in [2.05, 4.69) is 5.32 Å². The molecule has 0 saturated carbocycles. The second-order valence-corrected chi connectivity index (χ2v) is 4.36. The van der Waals surface area contributed by atoms with Crippen LogP contribution in [0.25, 0.3) is 0 Å². The maximum Gasteiger partial charge on any atom is 0.260 e. The maximum absolute atomic E-state index is 13.3. The Balaban J connectivity index is 1.90. The Morgan fingerprint density at radius 1 is 1.56 bits per heavy atom. The molecule has 1 amide bonds. The van der Waals surface area contributed by atoms with Gasteiger partial charge >= 0.3 is 0 Å². The highest BCUT2D eigenvalue weighted by atomic mass is 19.1. The molecule has 1 aromatic rings. The monoisotopic (exact) mass is 252 g/mol. The number of carbonyl (C=O) groups excluding carboxylic acids is 1. The summed E-state index contributed by atoms with van der Waals surface area (Å²) < 4.78 is 18.5. The van der Waals surface area contributed by atoms with Gasteiger partial charge < -0.3 is 15.0 Å². The molecule has 5 heteroatoms. The van der Waals surface area contributed by atoms with E-state index in [1.54, 1.807) is 17.0 Å². The summed E-state index contributed by atoms with van der Waals surface area (Å²) in [7, 11) is 0. The number of piperazine rings is 1. The lowest BCUT2D eigenvalue weighted by atomic mass is 10.2. The first kappa shape index (κ1) is 12.8. The van der Waals surface area contributed by atoms with Gasteiger partial charge in [0, 0.05) is 25.7 Å². The van der Waals surface area contributed by atoms with Crippen molar-refractivity contribution in [1.29, 1.82) is 0 Å². The number of rotatable bonds is 3. The summed E-state index contributed by atoms with van der Waals surface area (Å²) in [6, 6.07) is 6.24. The lowest BCUT2D eigenvalue weighted by Crippen LogP contribution is -2.53. The molecule has 1 aliphatic heterocycles. The average molecular weight is 252 g/mol. The van der Waals surface area contributed by atoms with Crippen LogP contribution < -0.4 is 10.1 Å². The van der Waals surface area contributed by atoms with Gasteiger partial charge in [0.05, 0.1) is 0 Å². The molecule has 18 heavy (non-hydrogen) atoms. The first-order valence-corrected chi connectivity index (χ1v) is 6.06. The summed E-state index contributed by atoms with van der Waals surface area (Å²) in [5, 5.41) is 3.21. The van der Waals surface area contributed by atoms with Crippen LogP contribution >= 0.6 is 0 Å². The van der Waals surface area contributed by atoms with E-state index < -0.39 is 5.82 Å². The van der Waals surface area contributed by atoms with Crippen LogP contribution in [0.5, 0.6) is 5.75 Å². The van der Waals surface area contributed by atoms with Crippen molar-refractivity contribution in [1.82, 2.24) is 10.2 Å². The molecule has 0 bridgehead atoms. The molecule has 2 rings (SSSR count). The third-order valence-electron chi connectivity index (χ3n) is 3.01. The van der Waals surface area contributed by atoms with E-state index in [-0.39, 0.29) is 24.3 Å². The predicted molar refractivity (Wildman–Crippen MR) is 65.9 cm³/mol. The summed E-state index contributed by atoms with van der Waals surface area (Å²) in [5.41, 5.74) is 0. The van der Waals surface area contributed by atoms with E-state index in [0.29, 0.717) is 6.54 Å². The first-order valence-electron chi connectivity index (χ1n) is 6.06. The number of nitrogens with one attached hydrogen (secondary N) is 1. The highest BCUT2D eigenvalue weighted by Crippen LogP contribution is 2.15. The van der Waals surface area contributed by atoms with Gasteiger partial charge in [0.15, 0.2) is 18.2 Å². The number of amides is 1. The predicted octanol–water partition coefficient (Wildman–Crippen LogP) is 1.02. The number of nitrogens with zero attached hydrogens (tertiary/aromatic N) is 1. The highest BCUT2D eigenvalue weighted by Gasteiger charge is 2.23. The Morgan fingerprint density at radius 2 is 2.33 bits per heavy atom. The normalized spacial score (nSPS) is 19.7. The largest absolute Gasteiger partial charge is 0.481 e. The Bertz CT molecular complexity index is 425. The van der Waals surface area contributed by atoms with E-state index in [4.69, 9.17) is 4.74 Å². The Hall–Kier alpha value is -1.62. The van der Waals surface area contributed by atoms with Gasteiger partial charge in [0.1, 0.15) is 0 Å². The molecule has 98 valence electrons. The highest BCUT2D eigenvalue weighted by molar-refractivity contribution is 5.78. The molecule has 0 aliphatic carbocycles. The summed E-state index contributed by atoms with van der Waals surface area (Å²) in [4.78, 5) is 13.7. The van der Waals surface area contributed by atoms with Gasteiger partial charge in [-0.1, -0.05) is 12.1 Å². The molecule has 0 spiro atoms. The molecule has 0 aromatic heterocycles. The van der Waals surface area contributed by atoms with Crippen LogP contribution in [0.1, 0.15) is 6.92 Å². The Labute approximate surface area is 106 Å². The number of ether oxygens (including phenoxy) is 1. The fourth-order valence-corrected chi connectivity index (χ4v) is 2.00. The number of para-hydroxylation sites is 1. The standard InChI is InChI=1S/C13H17FN2O2/c1-10-8-15-6-7-16(10)13(17)9-18-12-5-3-2-4-11(12)14/h2-5,10,15H,6-9H2,1H3. The van der Waals surface area contributed by atoms with Gasteiger partial charge in [-0.2, -0.15) is 0 Å². The van der Waals surface area contributed by atoms with Crippen LogP contribution in [-0.2, 0) is 4.79 Å². The Kier molecular flexibility index (Phi) is 4.15. The van der Waals surface area contributed by atoms with Crippen molar-refractivity contribution in [3.05, 3.63) is 30.1 Å². The molecule has 1 heterocycles. The summed E-state index contributed by atoms with van der Waals surface area (Å²) in [5.74, 6) is -0.431. The lowest BCUT2D eigenvalue weighted by Gasteiger charge is -2.33. The third kappa shape index (κ3) is 2.98. The van der Waals surface area contributed by atoms with Crippen molar-refractivity contribution in [3.63, 3.8) is 0 Å². The maximum atomic E-state index is 13.3. The van der Waals surface area contributed by atoms with Gasteiger partial charge in [-0.3, -0.25) is 4.79 Å². The second-order valence-electron chi connectivity index (χ2n) is 4.36. The van der Waals surface area contributed by atoms with Gasteiger partial charge in [-0.25, -0.2) is 4.39 Å². The fraction of sp³-hybridized carbons (Fsp3) is 0.462. The second kappa shape index (κ2) is 5.82. The number of halogens is 1. The van der Waals surface area contributed by atoms with E-state index in [1.165, 1.54) is 12.1 Å². The van der Waals surface area contributed by atoms with Crippen molar-refractivity contribution < 1.29 is 13.9 Å². The smallest absolute Gasteiger partial charge is 0.260 e. The van der Waals surface area contributed by atoms with Crippen LogP contribution in [-0.4, -0.2) is 43.1 Å². The molecule has 1 unspecified atom stereocenters.